The van der Waals surface area contributed by atoms with Crippen LogP contribution in [0, 0.1) is 18.4 Å². The Morgan fingerprint density at radius 1 is 1.33 bits per heavy atom. The van der Waals surface area contributed by atoms with Gasteiger partial charge in [0.25, 0.3) is 0 Å². The highest BCUT2D eigenvalue weighted by Gasteiger charge is 2.60. The minimum atomic E-state index is -0.124. The Morgan fingerprint density at radius 2 is 2.04 bits per heavy atom. The fourth-order valence-corrected chi connectivity index (χ4v) is 5.89. The number of benzene rings is 1. The van der Waals surface area contributed by atoms with Gasteiger partial charge in [-0.25, -0.2) is 0 Å². The lowest BCUT2D eigenvalue weighted by Crippen LogP contribution is -2.90. The Balaban J connectivity index is 1.98. The normalized spacial score (nSPS) is 37.2. The van der Waals surface area contributed by atoms with Crippen molar-refractivity contribution < 1.29 is 5.32 Å². The highest BCUT2D eigenvalue weighted by Crippen LogP contribution is 2.61. The molecule has 128 valence electrons. The Hall–Kier alpha value is -1.25. The number of fused-ring (bicyclic) bond motifs is 5. The molecular formula is C21H27ClN2. The average molecular weight is 343 g/mol. The standard InChI is InChI=1S/C21H27ClN2/c1-6-21(4)15(22)11-13-17(19(21)23-5)16-12-9-7-8-10-14(12)24-18(16)20(13,2)3/h6-10,13,15,17,19,24H,1,5,11,23H2,2-4H3. The van der Waals surface area contributed by atoms with E-state index in [0.717, 1.165) is 6.42 Å². The number of aromatic nitrogens is 1. The first-order valence-corrected chi connectivity index (χ1v) is 9.31. The zero-order valence-corrected chi connectivity index (χ0v) is 15.5. The fraction of sp³-hybridized carbons (Fsp3) is 0.476. The first kappa shape index (κ1) is 16.2. The van der Waals surface area contributed by atoms with Gasteiger partial charge in [0.2, 0.25) is 0 Å². The molecule has 2 aliphatic rings. The zero-order chi connectivity index (χ0) is 17.3. The Morgan fingerprint density at radius 3 is 2.71 bits per heavy atom. The second-order valence-corrected chi connectivity index (χ2v) is 8.87. The van der Waals surface area contributed by atoms with Crippen LogP contribution in [0.2, 0.25) is 0 Å². The summed E-state index contributed by atoms with van der Waals surface area (Å²) in [7, 11) is 4.19. The number of quaternary nitrogens is 1. The molecule has 1 fully saturated rings. The molecule has 1 aromatic carbocycles. The summed E-state index contributed by atoms with van der Waals surface area (Å²) < 4.78 is 0. The molecular weight excluding hydrogens is 316 g/mol. The van der Waals surface area contributed by atoms with E-state index < -0.39 is 0 Å². The van der Waals surface area contributed by atoms with Crippen LogP contribution >= 0.6 is 11.6 Å². The van der Waals surface area contributed by atoms with E-state index >= 15 is 0 Å². The van der Waals surface area contributed by atoms with Crippen molar-refractivity contribution >= 4 is 22.5 Å². The van der Waals surface area contributed by atoms with Crippen molar-refractivity contribution in [2.75, 3.05) is 0 Å². The smallest absolute Gasteiger partial charge is 0.0797 e. The molecule has 3 heteroatoms. The van der Waals surface area contributed by atoms with E-state index in [2.05, 4.69) is 75.0 Å². The van der Waals surface area contributed by atoms with Crippen molar-refractivity contribution in [2.45, 2.75) is 49.9 Å². The molecule has 1 aromatic heterocycles. The molecule has 0 bridgehead atoms. The number of para-hydroxylation sites is 1. The quantitative estimate of drug-likeness (QED) is 0.468. The number of hydrogen-bond donors (Lipinski definition) is 2. The van der Waals surface area contributed by atoms with Gasteiger partial charge in [0.15, 0.2) is 0 Å². The summed E-state index contributed by atoms with van der Waals surface area (Å²) >= 11 is 6.89. The number of rotatable bonds is 2. The van der Waals surface area contributed by atoms with Crippen molar-refractivity contribution in [1.29, 1.82) is 0 Å². The fourth-order valence-electron chi connectivity index (χ4n) is 5.46. The predicted octanol–water partition coefficient (Wildman–Crippen LogP) is 4.09. The molecule has 4 rings (SSSR count). The molecule has 5 atom stereocenters. The van der Waals surface area contributed by atoms with Crippen LogP contribution in [0.15, 0.2) is 36.9 Å². The van der Waals surface area contributed by atoms with Crippen molar-refractivity contribution in [2.24, 2.45) is 11.3 Å². The molecule has 0 radical (unpaired) electrons. The summed E-state index contributed by atoms with van der Waals surface area (Å²) in [6.45, 7) is 11.1. The zero-order valence-electron chi connectivity index (χ0n) is 14.8. The molecule has 3 N–H and O–H groups in total. The van der Waals surface area contributed by atoms with Gasteiger partial charge < -0.3 is 10.3 Å². The van der Waals surface area contributed by atoms with Crippen LogP contribution in [0.1, 0.15) is 44.4 Å². The lowest BCUT2D eigenvalue weighted by atomic mass is 9.59. The molecule has 2 aromatic rings. The van der Waals surface area contributed by atoms with Crippen molar-refractivity contribution in [3.63, 3.8) is 0 Å². The number of halogens is 1. The largest absolute Gasteiger partial charge is 0.475 e. The third-order valence-electron chi connectivity index (χ3n) is 7.02. The second-order valence-electron chi connectivity index (χ2n) is 8.35. The first-order chi connectivity index (χ1) is 11.4. The monoisotopic (exact) mass is 342 g/mol. The second kappa shape index (κ2) is 5.12. The molecule has 0 aliphatic heterocycles. The maximum absolute atomic E-state index is 6.89. The van der Waals surface area contributed by atoms with E-state index in [-0.39, 0.29) is 16.2 Å². The van der Waals surface area contributed by atoms with E-state index in [1.54, 1.807) is 0 Å². The van der Waals surface area contributed by atoms with Gasteiger partial charge in [-0.2, -0.15) is 7.05 Å². The third kappa shape index (κ3) is 1.82. The molecule has 2 aliphatic carbocycles. The van der Waals surface area contributed by atoms with E-state index in [0.29, 0.717) is 17.9 Å². The molecule has 1 saturated carbocycles. The first-order valence-electron chi connectivity index (χ1n) is 8.87. The Kier molecular flexibility index (Phi) is 3.47. The minimum Gasteiger partial charge on any atom is -0.475 e. The lowest BCUT2D eigenvalue weighted by molar-refractivity contribution is -0.653. The number of alkyl halides is 1. The number of H-pyrrole nitrogens is 1. The molecule has 1 heterocycles. The van der Waals surface area contributed by atoms with Crippen LogP contribution in [-0.4, -0.2) is 16.4 Å². The molecule has 2 nitrogen and oxygen atoms in total. The van der Waals surface area contributed by atoms with E-state index in [9.17, 15) is 0 Å². The summed E-state index contributed by atoms with van der Waals surface area (Å²) in [5, 5.41) is 3.58. The van der Waals surface area contributed by atoms with E-state index in [1.165, 1.54) is 22.2 Å². The highest BCUT2D eigenvalue weighted by molar-refractivity contribution is 6.21. The number of nitrogens with two attached hydrogens (primary N) is 1. The van der Waals surface area contributed by atoms with E-state index in [4.69, 9.17) is 11.6 Å². The number of aromatic amines is 1. The van der Waals surface area contributed by atoms with Gasteiger partial charge in [-0.05, 0) is 30.9 Å². The molecule has 5 unspecified atom stereocenters. The predicted molar refractivity (Wildman–Crippen MR) is 101 cm³/mol. The van der Waals surface area contributed by atoms with Crippen LogP contribution in [0.4, 0.5) is 0 Å². The van der Waals surface area contributed by atoms with Gasteiger partial charge in [-0.15, -0.1) is 18.2 Å². The summed E-state index contributed by atoms with van der Waals surface area (Å²) in [4.78, 5) is 3.72. The lowest BCUT2D eigenvalue weighted by Gasteiger charge is -2.50. The topological polar surface area (TPSA) is 32.4 Å². The van der Waals surface area contributed by atoms with Crippen LogP contribution < -0.4 is 5.32 Å². The van der Waals surface area contributed by atoms with Crippen LogP contribution in [-0.2, 0) is 5.41 Å². The summed E-state index contributed by atoms with van der Waals surface area (Å²) in [5.41, 5.74) is 4.09. The number of nitrogens with one attached hydrogen (secondary N) is 1. The average Bonchev–Trinajstić information content (AvgIpc) is 3.04. The molecule has 0 saturated heterocycles. The minimum absolute atomic E-state index is 0.0915. The van der Waals surface area contributed by atoms with Crippen molar-refractivity contribution in [1.82, 2.24) is 4.98 Å². The summed E-state index contributed by atoms with van der Waals surface area (Å²) in [5.74, 6) is 0.975. The highest BCUT2D eigenvalue weighted by atomic mass is 35.5. The Bertz CT molecular complexity index is 805. The van der Waals surface area contributed by atoms with Gasteiger partial charge in [0.05, 0.1) is 11.5 Å². The SMILES string of the molecule is C=CC1(C)C(Cl)CC2C(c3c([nH]c4ccccc34)C2(C)C)C1[NH2+][CH2-]. The van der Waals surface area contributed by atoms with Crippen LogP contribution in [0.5, 0.6) is 0 Å². The van der Waals surface area contributed by atoms with Gasteiger partial charge in [-0.3, -0.25) is 0 Å². The van der Waals surface area contributed by atoms with Gasteiger partial charge >= 0.3 is 0 Å². The summed E-state index contributed by atoms with van der Waals surface area (Å²) in [6, 6.07) is 8.98. The van der Waals surface area contributed by atoms with E-state index in [1.807, 2.05) is 0 Å². The Labute approximate surface area is 149 Å². The van der Waals surface area contributed by atoms with Crippen molar-refractivity contribution in [3.05, 3.63) is 55.2 Å². The number of hydrogen-bond acceptors (Lipinski definition) is 0. The molecule has 0 amide bonds. The van der Waals surface area contributed by atoms with Gasteiger partial charge in [0, 0.05) is 33.3 Å². The third-order valence-corrected chi connectivity index (χ3v) is 7.67. The maximum atomic E-state index is 6.89. The van der Waals surface area contributed by atoms with Crippen molar-refractivity contribution in [3.8, 4) is 0 Å². The molecule has 24 heavy (non-hydrogen) atoms. The van der Waals surface area contributed by atoms with Crippen LogP contribution in [0.25, 0.3) is 10.9 Å². The maximum Gasteiger partial charge on any atom is 0.0797 e. The van der Waals surface area contributed by atoms with Gasteiger partial charge in [-0.1, -0.05) is 38.1 Å². The molecule has 0 spiro atoms. The van der Waals surface area contributed by atoms with Crippen LogP contribution in [0.3, 0.4) is 0 Å². The summed E-state index contributed by atoms with van der Waals surface area (Å²) in [6.07, 6.45) is 3.08. The van der Waals surface area contributed by atoms with Gasteiger partial charge in [0.1, 0.15) is 0 Å².